The monoisotopic (exact) mass is 333 g/mol. The molecule has 0 saturated carbocycles. The second-order valence-corrected chi connectivity index (χ2v) is 6.60. The van der Waals surface area contributed by atoms with Gasteiger partial charge in [-0.2, -0.15) is 0 Å². The second kappa shape index (κ2) is 8.37. The van der Waals surface area contributed by atoms with Crippen molar-refractivity contribution >= 4 is 17.7 Å². The molecule has 0 radical (unpaired) electrons. The van der Waals surface area contributed by atoms with Crippen LogP contribution in [0.1, 0.15) is 16.4 Å². The van der Waals surface area contributed by atoms with Crippen molar-refractivity contribution in [1.29, 1.82) is 0 Å². The van der Waals surface area contributed by atoms with Crippen molar-refractivity contribution < 1.29 is 4.79 Å². The van der Waals surface area contributed by atoms with E-state index in [-0.39, 0.29) is 11.2 Å². The van der Waals surface area contributed by atoms with E-state index >= 15 is 0 Å². The van der Waals surface area contributed by atoms with Gasteiger partial charge in [0, 0.05) is 11.4 Å². The van der Waals surface area contributed by atoms with E-state index in [0.717, 1.165) is 16.0 Å². The number of nitrogens with one attached hydrogen (secondary N) is 1. The summed E-state index contributed by atoms with van der Waals surface area (Å²) in [6.45, 7) is 0.540. The molecule has 0 aliphatic heterocycles. The Bertz CT molecular complexity index is 760. The molecule has 0 spiro atoms. The molecule has 0 fully saturated rings. The summed E-state index contributed by atoms with van der Waals surface area (Å²) < 4.78 is 0. The van der Waals surface area contributed by atoms with E-state index in [0.29, 0.717) is 6.54 Å². The Morgan fingerprint density at radius 1 is 0.792 bits per heavy atom. The largest absolute Gasteiger partial charge is 0.351 e. The smallest absolute Gasteiger partial charge is 0.238 e. The highest BCUT2D eigenvalue weighted by Crippen LogP contribution is 2.35. The number of hydrogen-bond acceptors (Lipinski definition) is 2. The fourth-order valence-corrected chi connectivity index (χ4v) is 3.48. The van der Waals surface area contributed by atoms with Crippen molar-refractivity contribution in [3.63, 3.8) is 0 Å². The van der Waals surface area contributed by atoms with E-state index in [9.17, 15) is 4.79 Å². The van der Waals surface area contributed by atoms with Gasteiger partial charge in [0.25, 0.3) is 0 Å². The first kappa shape index (κ1) is 16.3. The first-order valence-corrected chi connectivity index (χ1v) is 8.79. The lowest BCUT2D eigenvalue weighted by molar-refractivity contribution is -0.120. The number of amides is 1. The van der Waals surface area contributed by atoms with E-state index in [2.05, 4.69) is 5.32 Å². The van der Waals surface area contributed by atoms with Gasteiger partial charge in [-0.25, -0.2) is 0 Å². The summed E-state index contributed by atoms with van der Waals surface area (Å²) in [5.74, 6) is 0.0268. The van der Waals surface area contributed by atoms with Crippen LogP contribution in [0.25, 0.3) is 0 Å². The van der Waals surface area contributed by atoms with Gasteiger partial charge >= 0.3 is 0 Å². The highest BCUT2D eigenvalue weighted by Gasteiger charge is 2.21. The number of hydrogen-bond donors (Lipinski definition) is 1. The maximum absolute atomic E-state index is 12.8. The molecule has 1 amide bonds. The van der Waals surface area contributed by atoms with Crippen LogP contribution in [0.4, 0.5) is 0 Å². The maximum atomic E-state index is 12.8. The zero-order chi connectivity index (χ0) is 16.6. The minimum atomic E-state index is -0.266. The normalized spacial score (nSPS) is 11.7. The minimum absolute atomic E-state index is 0.0268. The molecule has 1 atom stereocenters. The Morgan fingerprint density at radius 3 is 1.96 bits per heavy atom. The molecule has 0 heterocycles. The van der Waals surface area contributed by atoms with E-state index in [4.69, 9.17) is 0 Å². The van der Waals surface area contributed by atoms with Crippen LogP contribution in [-0.4, -0.2) is 5.91 Å². The highest BCUT2D eigenvalue weighted by molar-refractivity contribution is 8.00. The molecule has 3 heteroatoms. The van der Waals surface area contributed by atoms with Crippen LogP contribution in [-0.2, 0) is 11.3 Å². The first-order valence-electron chi connectivity index (χ1n) is 7.91. The van der Waals surface area contributed by atoms with Gasteiger partial charge in [0.1, 0.15) is 5.25 Å². The van der Waals surface area contributed by atoms with Gasteiger partial charge in [0.05, 0.1) is 0 Å². The van der Waals surface area contributed by atoms with Crippen molar-refractivity contribution in [2.45, 2.75) is 16.7 Å². The van der Waals surface area contributed by atoms with Crippen LogP contribution in [0.15, 0.2) is 95.9 Å². The number of carbonyl (C=O) groups excluding carboxylic acids is 1. The van der Waals surface area contributed by atoms with Crippen LogP contribution in [0.2, 0.25) is 0 Å². The number of rotatable bonds is 6. The van der Waals surface area contributed by atoms with E-state index in [1.807, 2.05) is 91.0 Å². The first-order chi connectivity index (χ1) is 11.8. The molecule has 120 valence electrons. The third-order valence-electron chi connectivity index (χ3n) is 3.65. The molecule has 24 heavy (non-hydrogen) atoms. The van der Waals surface area contributed by atoms with Crippen LogP contribution < -0.4 is 5.32 Å². The fourth-order valence-electron chi connectivity index (χ4n) is 2.41. The molecule has 3 rings (SSSR count). The molecule has 0 aromatic heterocycles. The second-order valence-electron chi connectivity index (χ2n) is 5.43. The predicted octanol–water partition coefficient (Wildman–Crippen LogP) is 4.84. The zero-order valence-corrected chi connectivity index (χ0v) is 14.1. The van der Waals surface area contributed by atoms with Gasteiger partial charge in [-0.05, 0) is 23.3 Å². The Hall–Kier alpha value is -2.52. The average Bonchev–Trinajstić information content (AvgIpc) is 2.66. The van der Waals surface area contributed by atoms with Crippen molar-refractivity contribution in [1.82, 2.24) is 5.32 Å². The molecule has 0 saturated heterocycles. The maximum Gasteiger partial charge on any atom is 0.238 e. The zero-order valence-electron chi connectivity index (χ0n) is 13.3. The molecule has 0 aliphatic rings. The topological polar surface area (TPSA) is 29.1 Å². The van der Waals surface area contributed by atoms with E-state index in [1.54, 1.807) is 11.8 Å². The lowest BCUT2D eigenvalue weighted by Crippen LogP contribution is -2.27. The van der Waals surface area contributed by atoms with Crippen molar-refractivity contribution in [3.05, 3.63) is 102 Å². The lowest BCUT2D eigenvalue weighted by Gasteiger charge is -2.17. The predicted molar refractivity (Wildman–Crippen MR) is 99.8 cm³/mol. The quantitative estimate of drug-likeness (QED) is 0.654. The highest BCUT2D eigenvalue weighted by atomic mass is 32.2. The standard InChI is InChI=1S/C21H19NOS/c23-21(22-16-17-10-4-1-5-11-17)20(18-12-6-2-7-13-18)24-19-14-8-3-9-15-19/h1-15,20H,16H2,(H,22,23)/t20-/m0/s1. The Labute approximate surface area is 146 Å². The third-order valence-corrected chi connectivity index (χ3v) is 4.91. The summed E-state index contributed by atoms with van der Waals surface area (Å²) in [6, 6.07) is 29.9. The van der Waals surface area contributed by atoms with Gasteiger partial charge in [-0.3, -0.25) is 4.79 Å². The molecule has 3 aromatic rings. The summed E-state index contributed by atoms with van der Waals surface area (Å²) in [5, 5.41) is 2.79. The number of thioether (sulfide) groups is 1. The van der Waals surface area contributed by atoms with E-state index < -0.39 is 0 Å². The van der Waals surface area contributed by atoms with Gasteiger partial charge in [0.15, 0.2) is 0 Å². The van der Waals surface area contributed by atoms with Crippen LogP contribution in [0.3, 0.4) is 0 Å². The van der Waals surface area contributed by atoms with Gasteiger partial charge in [-0.15, -0.1) is 11.8 Å². The van der Waals surface area contributed by atoms with Gasteiger partial charge in [0.2, 0.25) is 5.91 Å². The fraction of sp³-hybridized carbons (Fsp3) is 0.0952. The lowest BCUT2D eigenvalue weighted by atomic mass is 10.1. The third kappa shape index (κ3) is 4.49. The molecule has 0 bridgehead atoms. The molecular formula is C21H19NOS. The summed E-state index contributed by atoms with van der Waals surface area (Å²) in [7, 11) is 0. The Kier molecular flexibility index (Phi) is 5.70. The molecule has 0 unspecified atom stereocenters. The van der Waals surface area contributed by atoms with Crippen LogP contribution in [0, 0.1) is 0 Å². The molecule has 1 N–H and O–H groups in total. The number of carbonyl (C=O) groups is 1. The Balaban J connectivity index is 1.75. The molecule has 0 aliphatic carbocycles. The van der Waals surface area contributed by atoms with Crippen molar-refractivity contribution in [2.75, 3.05) is 0 Å². The van der Waals surface area contributed by atoms with Crippen molar-refractivity contribution in [3.8, 4) is 0 Å². The summed E-state index contributed by atoms with van der Waals surface area (Å²) >= 11 is 1.57. The Morgan fingerprint density at radius 2 is 1.33 bits per heavy atom. The van der Waals surface area contributed by atoms with Gasteiger partial charge in [-0.1, -0.05) is 78.9 Å². The summed E-state index contributed by atoms with van der Waals surface area (Å²) in [5.41, 5.74) is 2.11. The average molecular weight is 333 g/mol. The molecular weight excluding hydrogens is 314 g/mol. The van der Waals surface area contributed by atoms with Crippen LogP contribution >= 0.6 is 11.8 Å². The summed E-state index contributed by atoms with van der Waals surface area (Å²) in [6.07, 6.45) is 0. The van der Waals surface area contributed by atoms with E-state index in [1.165, 1.54) is 0 Å². The SMILES string of the molecule is O=C(NCc1ccccc1)[C@@H](Sc1ccccc1)c1ccccc1. The minimum Gasteiger partial charge on any atom is -0.351 e. The van der Waals surface area contributed by atoms with Crippen LogP contribution in [0.5, 0.6) is 0 Å². The number of benzene rings is 3. The molecule has 2 nitrogen and oxygen atoms in total. The van der Waals surface area contributed by atoms with Gasteiger partial charge < -0.3 is 5.32 Å². The molecule has 3 aromatic carbocycles. The van der Waals surface area contributed by atoms with Crippen molar-refractivity contribution in [2.24, 2.45) is 0 Å². The summed E-state index contributed by atoms with van der Waals surface area (Å²) in [4.78, 5) is 13.9.